The zero-order valence-corrected chi connectivity index (χ0v) is 11.5. The largest absolute Gasteiger partial charge is 0.382 e. The highest BCUT2D eigenvalue weighted by Gasteiger charge is 2.17. The third kappa shape index (κ3) is 3.64. The Morgan fingerprint density at radius 2 is 2.39 bits per heavy atom. The van der Waals surface area contributed by atoms with E-state index in [0.29, 0.717) is 17.8 Å². The van der Waals surface area contributed by atoms with Crippen LogP contribution >= 0.6 is 11.3 Å². The van der Waals surface area contributed by atoms with Crippen molar-refractivity contribution in [2.45, 2.75) is 19.8 Å². The van der Waals surface area contributed by atoms with Gasteiger partial charge in [-0.3, -0.25) is 4.79 Å². The van der Waals surface area contributed by atoms with Crippen LogP contribution in [0.15, 0.2) is 0 Å². The van der Waals surface area contributed by atoms with Crippen LogP contribution in [-0.4, -0.2) is 31.0 Å². The summed E-state index contributed by atoms with van der Waals surface area (Å²) in [4.78, 5) is 18.4. The smallest absolute Gasteiger partial charge is 0.265 e. The highest BCUT2D eigenvalue weighted by atomic mass is 32.1. The highest BCUT2D eigenvalue weighted by Crippen LogP contribution is 2.27. The average molecular weight is 266 g/mol. The summed E-state index contributed by atoms with van der Waals surface area (Å²) in [6.07, 6.45) is 6.56. The number of carbonyl (C=O) groups is 1. The molecule has 0 aliphatic heterocycles. The summed E-state index contributed by atoms with van der Waals surface area (Å²) in [5.74, 6) is 2.63. The molecule has 0 aliphatic carbocycles. The van der Waals surface area contributed by atoms with E-state index in [1.54, 1.807) is 0 Å². The van der Waals surface area contributed by atoms with E-state index in [0.717, 1.165) is 18.1 Å². The molecule has 0 bridgehead atoms. The van der Waals surface area contributed by atoms with E-state index in [2.05, 4.69) is 16.2 Å². The first-order valence-corrected chi connectivity index (χ1v) is 6.60. The van der Waals surface area contributed by atoms with Crippen LogP contribution in [0.3, 0.4) is 0 Å². The summed E-state index contributed by atoms with van der Waals surface area (Å²) in [6, 6.07) is 0. The van der Waals surface area contributed by atoms with Crippen LogP contribution in [0.25, 0.3) is 0 Å². The van der Waals surface area contributed by atoms with Crippen molar-refractivity contribution in [3.05, 3.63) is 4.88 Å². The Labute approximate surface area is 111 Å². The second-order valence-electron chi connectivity index (χ2n) is 3.79. The van der Waals surface area contributed by atoms with Gasteiger partial charge in [0.15, 0.2) is 5.13 Å². The molecule has 0 spiro atoms. The number of rotatable bonds is 6. The number of nitrogen functional groups attached to an aromatic ring is 1. The summed E-state index contributed by atoms with van der Waals surface area (Å²) < 4.78 is 0. The van der Waals surface area contributed by atoms with E-state index >= 15 is 0 Å². The molecule has 0 saturated heterocycles. The molecule has 18 heavy (non-hydrogen) atoms. The van der Waals surface area contributed by atoms with Crippen LogP contribution in [0.1, 0.15) is 29.4 Å². The molecule has 0 aliphatic rings. The first-order valence-electron chi connectivity index (χ1n) is 5.79. The number of terminal acetylenes is 1. The summed E-state index contributed by atoms with van der Waals surface area (Å²) in [7, 11) is 1.91. The molecule has 1 aromatic rings. The molecule has 0 unspecified atom stereocenters. The maximum absolute atomic E-state index is 11.9. The van der Waals surface area contributed by atoms with Crippen molar-refractivity contribution in [1.29, 1.82) is 0 Å². The minimum absolute atomic E-state index is 0.183. The predicted molar refractivity (Wildman–Crippen MR) is 75.9 cm³/mol. The number of unbranched alkanes of at least 4 members (excludes halogenated alkanes) is 1. The molecule has 0 fully saturated rings. The van der Waals surface area contributed by atoms with Gasteiger partial charge in [0.05, 0.1) is 0 Å². The Morgan fingerprint density at radius 1 is 1.67 bits per heavy atom. The lowest BCUT2D eigenvalue weighted by Gasteiger charge is -2.10. The number of hydrogen-bond acceptors (Lipinski definition) is 5. The third-order valence-corrected chi connectivity index (χ3v) is 3.62. The van der Waals surface area contributed by atoms with Gasteiger partial charge in [-0.25, -0.2) is 4.98 Å². The zero-order chi connectivity index (χ0) is 13.5. The van der Waals surface area contributed by atoms with Crippen molar-refractivity contribution in [2.24, 2.45) is 0 Å². The van der Waals surface area contributed by atoms with Crippen molar-refractivity contribution >= 4 is 28.2 Å². The first-order chi connectivity index (χ1) is 8.60. The Balaban J connectivity index is 2.63. The SMILES string of the molecule is C#CCCCNC(=O)c1sc(N(C)CC)nc1N. The fraction of sp³-hybridized carbons (Fsp3) is 0.500. The number of amides is 1. The van der Waals surface area contributed by atoms with Crippen molar-refractivity contribution < 1.29 is 4.79 Å². The molecule has 1 aromatic heterocycles. The zero-order valence-electron chi connectivity index (χ0n) is 10.7. The van der Waals surface area contributed by atoms with E-state index in [-0.39, 0.29) is 11.7 Å². The average Bonchev–Trinajstić information content (AvgIpc) is 2.75. The number of nitrogens with two attached hydrogens (primary N) is 1. The fourth-order valence-electron chi connectivity index (χ4n) is 1.25. The van der Waals surface area contributed by atoms with Gasteiger partial charge in [0.25, 0.3) is 5.91 Å². The van der Waals surface area contributed by atoms with Gasteiger partial charge in [-0.1, -0.05) is 11.3 Å². The molecule has 0 atom stereocenters. The molecule has 0 saturated carbocycles. The molecular weight excluding hydrogens is 248 g/mol. The molecule has 6 heteroatoms. The van der Waals surface area contributed by atoms with Crippen molar-refractivity contribution in [1.82, 2.24) is 10.3 Å². The van der Waals surface area contributed by atoms with Gasteiger partial charge in [-0.05, 0) is 13.3 Å². The number of hydrogen-bond donors (Lipinski definition) is 2. The lowest BCUT2D eigenvalue weighted by Crippen LogP contribution is -2.24. The number of carbonyl (C=O) groups excluding carboxylic acids is 1. The Bertz CT molecular complexity index is 449. The minimum Gasteiger partial charge on any atom is -0.382 e. The van der Waals surface area contributed by atoms with Gasteiger partial charge >= 0.3 is 0 Å². The predicted octanol–water partition coefficient (Wildman–Crippen LogP) is 1.32. The van der Waals surface area contributed by atoms with Crippen LogP contribution in [0.5, 0.6) is 0 Å². The van der Waals surface area contributed by atoms with Crippen molar-refractivity contribution in [3.63, 3.8) is 0 Å². The van der Waals surface area contributed by atoms with E-state index in [4.69, 9.17) is 12.2 Å². The molecule has 0 aromatic carbocycles. The maximum Gasteiger partial charge on any atom is 0.265 e. The van der Waals surface area contributed by atoms with Crippen LogP contribution < -0.4 is 16.0 Å². The van der Waals surface area contributed by atoms with Gasteiger partial charge < -0.3 is 16.0 Å². The Hall–Kier alpha value is -1.74. The van der Waals surface area contributed by atoms with E-state index in [1.807, 2.05) is 18.9 Å². The lowest BCUT2D eigenvalue weighted by atomic mass is 10.3. The molecule has 0 radical (unpaired) electrons. The fourth-order valence-corrected chi connectivity index (χ4v) is 2.18. The minimum atomic E-state index is -0.183. The van der Waals surface area contributed by atoms with Gasteiger partial charge in [0.1, 0.15) is 10.7 Å². The number of nitrogens with zero attached hydrogens (tertiary/aromatic N) is 2. The van der Waals surface area contributed by atoms with Gasteiger partial charge in [-0.15, -0.1) is 12.3 Å². The first kappa shape index (κ1) is 14.3. The number of nitrogens with one attached hydrogen (secondary N) is 1. The van der Waals surface area contributed by atoms with Crippen LogP contribution in [0.4, 0.5) is 10.9 Å². The Kier molecular flexibility index (Phi) is 5.46. The molecular formula is C12H18N4OS. The quantitative estimate of drug-likeness (QED) is 0.602. The maximum atomic E-state index is 11.9. The molecule has 1 amide bonds. The number of thiazole rings is 1. The summed E-state index contributed by atoms with van der Waals surface area (Å²) >= 11 is 1.30. The van der Waals surface area contributed by atoms with Crippen LogP contribution in [-0.2, 0) is 0 Å². The van der Waals surface area contributed by atoms with Crippen molar-refractivity contribution in [2.75, 3.05) is 30.8 Å². The van der Waals surface area contributed by atoms with Crippen LogP contribution in [0, 0.1) is 12.3 Å². The highest BCUT2D eigenvalue weighted by molar-refractivity contribution is 7.18. The lowest BCUT2D eigenvalue weighted by molar-refractivity contribution is 0.0958. The summed E-state index contributed by atoms with van der Waals surface area (Å²) in [5.41, 5.74) is 5.74. The molecule has 1 rings (SSSR count). The standard InChI is InChI=1S/C12H18N4OS/c1-4-6-7-8-14-11(17)9-10(13)15-12(18-9)16(3)5-2/h1H,5-8,13H2,2-3H3,(H,14,17). The second kappa shape index (κ2) is 6.87. The molecule has 5 nitrogen and oxygen atoms in total. The van der Waals surface area contributed by atoms with E-state index in [9.17, 15) is 4.79 Å². The van der Waals surface area contributed by atoms with Gasteiger partial charge in [0.2, 0.25) is 0 Å². The normalized spacial score (nSPS) is 9.83. The number of aromatic nitrogens is 1. The third-order valence-electron chi connectivity index (χ3n) is 2.43. The van der Waals surface area contributed by atoms with E-state index < -0.39 is 0 Å². The Morgan fingerprint density at radius 3 is 3.00 bits per heavy atom. The summed E-state index contributed by atoms with van der Waals surface area (Å²) in [5, 5.41) is 3.54. The van der Waals surface area contributed by atoms with Gasteiger partial charge in [-0.2, -0.15) is 0 Å². The number of anilines is 2. The van der Waals surface area contributed by atoms with Crippen LogP contribution in [0.2, 0.25) is 0 Å². The monoisotopic (exact) mass is 266 g/mol. The molecule has 98 valence electrons. The summed E-state index contributed by atoms with van der Waals surface area (Å²) in [6.45, 7) is 3.38. The molecule has 3 N–H and O–H groups in total. The van der Waals surface area contributed by atoms with Crippen molar-refractivity contribution in [3.8, 4) is 12.3 Å². The molecule has 1 heterocycles. The topological polar surface area (TPSA) is 71.2 Å². The second-order valence-corrected chi connectivity index (χ2v) is 4.77. The van der Waals surface area contributed by atoms with Gasteiger partial charge in [0, 0.05) is 26.6 Å². The van der Waals surface area contributed by atoms with E-state index in [1.165, 1.54) is 11.3 Å².